The zero-order chi connectivity index (χ0) is 17.4. The summed E-state index contributed by atoms with van der Waals surface area (Å²) in [7, 11) is 0. The van der Waals surface area contributed by atoms with Crippen LogP contribution in [0.5, 0.6) is 0 Å². The molecule has 25 heavy (non-hydrogen) atoms. The Labute approximate surface area is 143 Å². The largest absolute Gasteiger partial charge is 0.352 e. The molecule has 0 atom stereocenters. The Morgan fingerprint density at radius 3 is 2.44 bits per heavy atom. The molecule has 0 N–H and O–H groups in total. The quantitative estimate of drug-likeness (QED) is 0.575. The Kier molecular flexibility index (Phi) is 3.72. The lowest BCUT2D eigenvalue weighted by Crippen LogP contribution is -2.26. The van der Waals surface area contributed by atoms with Crippen molar-refractivity contribution in [3.8, 4) is 0 Å². The van der Waals surface area contributed by atoms with Gasteiger partial charge in [0, 0.05) is 6.54 Å². The van der Waals surface area contributed by atoms with E-state index in [0.717, 1.165) is 12.0 Å². The van der Waals surface area contributed by atoms with Crippen molar-refractivity contribution in [2.75, 3.05) is 0 Å². The van der Waals surface area contributed by atoms with Crippen molar-refractivity contribution < 1.29 is 0 Å². The molecule has 0 bridgehead atoms. The Hall–Kier alpha value is -3.15. The molecule has 6 nitrogen and oxygen atoms in total. The van der Waals surface area contributed by atoms with Crippen LogP contribution in [0.1, 0.15) is 18.9 Å². The van der Waals surface area contributed by atoms with Crippen LogP contribution in [0.25, 0.3) is 16.7 Å². The average molecular weight is 334 g/mol. The van der Waals surface area contributed by atoms with Gasteiger partial charge in [0.05, 0.1) is 17.4 Å². The molecule has 0 amide bonds. The molecular weight excluding hydrogens is 316 g/mol. The summed E-state index contributed by atoms with van der Waals surface area (Å²) in [6, 6.07) is 16.9. The molecule has 4 rings (SSSR count). The first-order chi connectivity index (χ1) is 12.2. The van der Waals surface area contributed by atoms with Crippen molar-refractivity contribution in [3.05, 3.63) is 81.0 Å². The fraction of sp³-hybridized carbons (Fsp3) is 0.211. The second-order valence-electron chi connectivity index (χ2n) is 6.04. The van der Waals surface area contributed by atoms with Crippen LogP contribution in [0, 0.1) is 0 Å². The second-order valence-corrected chi connectivity index (χ2v) is 6.04. The van der Waals surface area contributed by atoms with Crippen LogP contribution in [-0.2, 0) is 13.1 Å². The number of rotatable bonds is 4. The summed E-state index contributed by atoms with van der Waals surface area (Å²) in [6.45, 7) is 2.89. The molecular formula is C19H18N4O2. The summed E-state index contributed by atoms with van der Waals surface area (Å²) < 4.78 is 4.54. The van der Waals surface area contributed by atoms with Gasteiger partial charge in [0.2, 0.25) is 5.78 Å². The predicted molar refractivity (Wildman–Crippen MR) is 97.1 cm³/mol. The van der Waals surface area contributed by atoms with E-state index >= 15 is 0 Å². The molecule has 0 fully saturated rings. The third kappa shape index (κ3) is 2.46. The highest BCUT2D eigenvalue weighted by Gasteiger charge is 2.16. The summed E-state index contributed by atoms with van der Waals surface area (Å²) in [4.78, 5) is 25.8. The maximum atomic E-state index is 13.0. The minimum absolute atomic E-state index is 0.109. The van der Waals surface area contributed by atoms with E-state index < -0.39 is 0 Å². The minimum atomic E-state index is -0.236. The monoisotopic (exact) mass is 334 g/mol. The lowest BCUT2D eigenvalue weighted by molar-refractivity contribution is 0.639. The molecule has 126 valence electrons. The fourth-order valence-corrected chi connectivity index (χ4v) is 3.15. The molecule has 2 aromatic carbocycles. The number of hydrogen-bond acceptors (Lipinski definition) is 3. The normalized spacial score (nSPS) is 11.4. The number of benzene rings is 2. The first-order valence-corrected chi connectivity index (χ1v) is 8.35. The molecule has 2 aromatic heterocycles. The van der Waals surface area contributed by atoms with Crippen LogP contribution in [0.4, 0.5) is 0 Å². The van der Waals surface area contributed by atoms with Crippen LogP contribution >= 0.6 is 0 Å². The Bertz CT molecular complexity index is 1170. The average Bonchev–Trinajstić information content (AvgIpc) is 2.96. The van der Waals surface area contributed by atoms with Gasteiger partial charge in [-0.05, 0) is 24.1 Å². The van der Waals surface area contributed by atoms with Crippen LogP contribution in [-0.4, -0.2) is 18.7 Å². The molecule has 0 aliphatic carbocycles. The summed E-state index contributed by atoms with van der Waals surface area (Å²) in [6.07, 6.45) is 0.785. The topological polar surface area (TPSA) is 61.3 Å². The van der Waals surface area contributed by atoms with Gasteiger partial charge in [0.1, 0.15) is 0 Å². The number of hydrogen-bond donors (Lipinski definition) is 0. The highest BCUT2D eigenvalue weighted by Crippen LogP contribution is 2.11. The van der Waals surface area contributed by atoms with Gasteiger partial charge in [-0.1, -0.05) is 49.4 Å². The molecule has 0 saturated heterocycles. The summed E-state index contributed by atoms with van der Waals surface area (Å²) >= 11 is 0. The molecule has 4 aromatic rings. The molecule has 6 heteroatoms. The van der Waals surface area contributed by atoms with Gasteiger partial charge in [-0.2, -0.15) is 0 Å². The van der Waals surface area contributed by atoms with Gasteiger partial charge in [0.15, 0.2) is 0 Å². The fourth-order valence-electron chi connectivity index (χ4n) is 3.15. The predicted octanol–water partition coefficient (Wildman–Crippen LogP) is 2.27. The van der Waals surface area contributed by atoms with Gasteiger partial charge < -0.3 is 0 Å². The molecule has 2 heterocycles. The number of aryl methyl sites for hydroxylation is 1. The van der Waals surface area contributed by atoms with Crippen LogP contribution in [0.15, 0.2) is 64.2 Å². The molecule has 0 saturated carbocycles. The molecule has 0 unspecified atom stereocenters. The van der Waals surface area contributed by atoms with Gasteiger partial charge in [-0.15, -0.1) is 5.10 Å². The van der Waals surface area contributed by atoms with E-state index in [4.69, 9.17) is 0 Å². The molecule has 0 spiro atoms. The van der Waals surface area contributed by atoms with Crippen molar-refractivity contribution in [1.29, 1.82) is 0 Å². The third-order valence-electron chi connectivity index (χ3n) is 4.31. The molecule has 0 aliphatic rings. The first kappa shape index (κ1) is 15.4. The van der Waals surface area contributed by atoms with Gasteiger partial charge >= 0.3 is 5.69 Å². The van der Waals surface area contributed by atoms with Crippen molar-refractivity contribution >= 4 is 16.7 Å². The Morgan fingerprint density at radius 2 is 1.68 bits per heavy atom. The van der Waals surface area contributed by atoms with E-state index in [2.05, 4.69) is 5.10 Å². The van der Waals surface area contributed by atoms with E-state index in [1.807, 2.05) is 49.4 Å². The minimum Gasteiger partial charge on any atom is -0.276 e. The maximum absolute atomic E-state index is 13.0. The smallest absolute Gasteiger partial charge is 0.276 e. The lowest BCUT2D eigenvalue weighted by atomic mass is 10.2. The van der Waals surface area contributed by atoms with Gasteiger partial charge in [-0.25, -0.2) is 13.9 Å². The van der Waals surface area contributed by atoms with Crippen molar-refractivity contribution in [2.24, 2.45) is 0 Å². The van der Waals surface area contributed by atoms with Crippen molar-refractivity contribution in [2.45, 2.75) is 26.4 Å². The van der Waals surface area contributed by atoms with E-state index in [0.29, 0.717) is 29.8 Å². The third-order valence-corrected chi connectivity index (χ3v) is 4.31. The Morgan fingerprint density at radius 1 is 0.960 bits per heavy atom. The SMILES string of the molecule is CCCn1c(=O)c2ccccc2n2c(=O)n(Cc3ccccc3)nc12. The highest BCUT2D eigenvalue weighted by atomic mass is 16.2. The second kappa shape index (κ2) is 6.05. The van der Waals surface area contributed by atoms with Crippen molar-refractivity contribution in [3.63, 3.8) is 0 Å². The van der Waals surface area contributed by atoms with Crippen molar-refractivity contribution in [1.82, 2.24) is 18.7 Å². The summed E-state index contributed by atoms with van der Waals surface area (Å²) in [5.74, 6) is 0.395. The molecule has 0 aliphatic heterocycles. The van der Waals surface area contributed by atoms with Crippen LogP contribution in [0.2, 0.25) is 0 Å². The highest BCUT2D eigenvalue weighted by molar-refractivity contribution is 5.79. The number of nitrogens with zero attached hydrogens (tertiary/aromatic N) is 4. The number of aromatic nitrogens is 4. The number of para-hydroxylation sites is 1. The van der Waals surface area contributed by atoms with E-state index in [1.54, 1.807) is 16.7 Å². The maximum Gasteiger partial charge on any atom is 0.352 e. The lowest BCUT2D eigenvalue weighted by Gasteiger charge is -2.07. The summed E-state index contributed by atoms with van der Waals surface area (Å²) in [5, 5.41) is 5.00. The van der Waals surface area contributed by atoms with Gasteiger partial charge in [-0.3, -0.25) is 9.36 Å². The first-order valence-electron chi connectivity index (χ1n) is 8.35. The zero-order valence-electron chi connectivity index (χ0n) is 13.9. The van der Waals surface area contributed by atoms with Crippen LogP contribution < -0.4 is 11.2 Å². The molecule has 0 radical (unpaired) electrons. The van der Waals surface area contributed by atoms with Crippen LogP contribution in [0.3, 0.4) is 0 Å². The Balaban J connectivity index is 2.04. The van der Waals surface area contributed by atoms with E-state index in [-0.39, 0.29) is 11.2 Å². The van der Waals surface area contributed by atoms with E-state index in [1.165, 1.54) is 9.08 Å². The standard InChI is InChI=1S/C19H18N4O2/c1-2-12-21-17(24)15-10-6-7-11-16(15)23-18(21)20-22(19(23)25)13-14-8-4-3-5-9-14/h3-11H,2,12-13H2,1H3. The van der Waals surface area contributed by atoms with E-state index in [9.17, 15) is 9.59 Å². The number of fused-ring (bicyclic) bond motifs is 3. The van der Waals surface area contributed by atoms with Gasteiger partial charge in [0.25, 0.3) is 5.56 Å². The zero-order valence-corrected chi connectivity index (χ0v) is 13.9. The summed E-state index contributed by atoms with van der Waals surface area (Å²) in [5.41, 5.74) is 1.24.